The van der Waals surface area contributed by atoms with Gasteiger partial charge in [-0.2, -0.15) is 0 Å². The molecule has 0 saturated carbocycles. The van der Waals surface area contributed by atoms with E-state index in [-0.39, 0.29) is 18.1 Å². The van der Waals surface area contributed by atoms with Crippen LogP contribution in [0.5, 0.6) is 0 Å². The van der Waals surface area contributed by atoms with Gasteiger partial charge in [0.2, 0.25) is 0 Å². The van der Waals surface area contributed by atoms with Gasteiger partial charge in [-0.25, -0.2) is 0 Å². The minimum Gasteiger partial charge on any atom is -0.395 e. The average Bonchev–Trinajstić information content (AvgIpc) is 2.68. The number of nitrogens with one attached hydrogen (secondary N) is 1. The fourth-order valence-corrected chi connectivity index (χ4v) is 3.90. The monoisotopic (exact) mass is 431 g/mol. The zero-order valence-corrected chi connectivity index (χ0v) is 17.9. The Morgan fingerprint density at radius 1 is 1.17 bits per heavy atom. The topological polar surface area (TPSA) is 65.5 Å². The van der Waals surface area contributed by atoms with Crippen LogP contribution in [0.2, 0.25) is 10.0 Å². The minimum atomic E-state index is -0.381. The number of aliphatic hydroxyl groups is 1. The minimum absolute atomic E-state index is 0.0981. The third-order valence-corrected chi connectivity index (χ3v) is 5.46. The number of pyridine rings is 1. The lowest BCUT2D eigenvalue weighted by atomic mass is 10.0. The molecule has 3 aromatic rings. The third-order valence-electron chi connectivity index (χ3n) is 4.83. The summed E-state index contributed by atoms with van der Waals surface area (Å²) >= 11 is 12.3. The van der Waals surface area contributed by atoms with Crippen LogP contribution >= 0.6 is 23.2 Å². The van der Waals surface area contributed by atoms with Gasteiger partial charge in [0, 0.05) is 24.7 Å². The fourth-order valence-electron chi connectivity index (χ4n) is 3.33. The summed E-state index contributed by atoms with van der Waals surface area (Å²) in [7, 11) is 1.97. The van der Waals surface area contributed by atoms with E-state index in [9.17, 15) is 9.90 Å². The second kappa shape index (κ2) is 9.55. The molecule has 1 aromatic heterocycles. The van der Waals surface area contributed by atoms with Crippen molar-refractivity contribution in [3.63, 3.8) is 0 Å². The van der Waals surface area contributed by atoms with E-state index in [1.807, 2.05) is 31.4 Å². The van der Waals surface area contributed by atoms with Crippen molar-refractivity contribution >= 4 is 45.7 Å². The number of hydrogen-bond donors (Lipinski definition) is 2. The van der Waals surface area contributed by atoms with Crippen molar-refractivity contribution in [3.05, 3.63) is 69.3 Å². The quantitative estimate of drug-likeness (QED) is 0.564. The second-order valence-corrected chi connectivity index (χ2v) is 7.64. The van der Waals surface area contributed by atoms with Crippen LogP contribution in [0, 0.1) is 0 Å². The highest BCUT2D eigenvalue weighted by Gasteiger charge is 2.17. The molecule has 5 nitrogen and oxygen atoms in total. The molecule has 152 valence electrons. The predicted octanol–water partition coefficient (Wildman–Crippen LogP) is 4.78. The molecule has 2 N–H and O–H groups in total. The van der Waals surface area contributed by atoms with Crippen molar-refractivity contribution in [2.75, 3.05) is 25.5 Å². The summed E-state index contributed by atoms with van der Waals surface area (Å²) in [4.78, 5) is 19.5. The maximum absolute atomic E-state index is 12.8. The number of likely N-dealkylation sites (N-methyl/N-ethyl adjacent to an activating group) is 1. The zero-order valence-electron chi connectivity index (χ0n) is 16.4. The number of rotatable bonds is 7. The predicted molar refractivity (Wildman–Crippen MR) is 119 cm³/mol. The van der Waals surface area contributed by atoms with Gasteiger partial charge in [-0.15, -0.1) is 0 Å². The van der Waals surface area contributed by atoms with E-state index in [0.29, 0.717) is 34.3 Å². The van der Waals surface area contributed by atoms with Crippen molar-refractivity contribution in [1.82, 2.24) is 9.88 Å². The number of nitrogens with zero attached hydrogens (tertiary/aromatic N) is 2. The molecule has 0 unspecified atom stereocenters. The van der Waals surface area contributed by atoms with Crippen molar-refractivity contribution in [3.8, 4) is 0 Å². The fraction of sp³-hybridized carbons (Fsp3) is 0.273. The molecule has 29 heavy (non-hydrogen) atoms. The van der Waals surface area contributed by atoms with Crippen LogP contribution in [0.15, 0.2) is 42.6 Å². The van der Waals surface area contributed by atoms with E-state index in [1.165, 1.54) is 0 Å². The van der Waals surface area contributed by atoms with Crippen LogP contribution in [-0.4, -0.2) is 41.1 Å². The van der Waals surface area contributed by atoms with E-state index in [2.05, 4.69) is 22.1 Å². The van der Waals surface area contributed by atoms with Gasteiger partial charge in [0.05, 0.1) is 33.4 Å². The van der Waals surface area contributed by atoms with Crippen molar-refractivity contribution < 1.29 is 9.90 Å². The summed E-state index contributed by atoms with van der Waals surface area (Å²) < 4.78 is 0. The lowest BCUT2D eigenvalue weighted by Gasteiger charge is -2.20. The third kappa shape index (κ3) is 4.70. The first-order chi connectivity index (χ1) is 14.0. The van der Waals surface area contributed by atoms with Crippen LogP contribution in [0.25, 0.3) is 10.9 Å². The van der Waals surface area contributed by atoms with Crippen LogP contribution < -0.4 is 5.32 Å². The number of amides is 1. The molecule has 1 heterocycles. The summed E-state index contributed by atoms with van der Waals surface area (Å²) in [6, 6.07) is 10.7. The molecule has 1 amide bonds. The Bertz CT molecular complexity index is 1020. The second-order valence-electron chi connectivity index (χ2n) is 6.83. The van der Waals surface area contributed by atoms with Gasteiger partial charge in [-0.3, -0.25) is 14.7 Å². The molecule has 0 aliphatic heterocycles. The lowest BCUT2D eigenvalue weighted by Crippen LogP contribution is -2.22. The first-order valence-corrected chi connectivity index (χ1v) is 10.2. The molecule has 0 aliphatic carbocycles. The number of aliphatic hydroxyl groups excluding tert-OH is 1. The molecule has 0 saturated heterocycles. The van der Waals surface area contributed by atoms with E-state index in [0.717, 1.165) is 22.9 Å². The Morgan fingerprint density at radius 3 is 2.52 bits per heavy atom. The first-order valence-electron chi connectivity index (χ1n) is 9.40. The summed E-state index contributed by atoms with van der Waals surface area (Å²) in [5, 5.41) is 13.7. The van der Waals surface area contributed by atoms with Gasteiger partial charge in [0.1, 0.15) is 0 Å². The lowest BCUT2D eigenvalue weighted by molar-refractivity contribution is 0.102. The smallest absolute Gasteiger partial charge is 0.258 e. The highest BCUT2D eigenvalue weighted by Crippen LogP contribution is 2.30. The number of anilines is 1. The van der Waals surface area contributed by atoms with E-state index in [4.69, 9.17) is 23.2 Å². The Morgan fingerprint density at radius 2 is 1.86 bits per heavy atom. The number of aromatic nitrogens is 1. The number of carbonyl (C=O) groups is 1. The number of para-hydroxylation sites is 1. The van der Waals surface area contributed by atoms with E-state index < -0.39 is 0 Å². The summed E-state index contributed by atoms with van der Waals surface area (Å²) in [5.41, 5.74) is 3.81. The number of carbonyl (C=O) groups excluding carboxylic acids is 1. The highest BCUT2D eigenvalue weighted by molar-refractivity contribution is 6.40. The van der Waals surface area contributed by atoms with Crippen molar-refractivity contribution in [2.45, 2.75) is 19.9 Å². The molecule has 0 fully saturated rings. The maximum Gasteiger partial charge on any atom is 0.258 e. The Hall–Kier alpha value is -2.18. The molecule has 0 bridgehead atoms. The largest absolute Gasteiger partial charge is 0.395 e. The normalized spacial score (nSPS) is 11.2. The Balaban J connectivity index is 2.03. The van der Waals surface area contributed by atoms with Crippen LogP contribution in [0.3, 0.4) is 0 Å². The zero-order chi connectivity index (χ0) is 21.0. The molecule has 2 aromatic carbocycles. The standard InChI is InChI=1S/C22H23Cl2N3O2/c1-3-14-12-25-21-15(16(14)13-27(2)10-11-28)6-4-9-19(21)26-22(29)20-17(23)7-5-8-18(20)24/h4-9,12,28H,3,10-11,13H2,1-2H3,(H,26,29). The molecule has 0 atom stereocenters. The molecule has 0 radical (unpaired) electrons. The Kier molecular flexibility index (Phi) is 7.09. The molecule has 0 aliphatic rings. The maximum atomic E-state index is 12.8. The number of aryl methyl sites for hydroxylation is 1. The van der Waals surface area contributed by atoms with Gasteiger partial charge in [-0.05, 0) is 42.8 Å². The van der Waals surface area contributed by atoms with Crippen molar-refractivity contribution in [2.24, 2.45) is 0 Å². The van der Waals surface area contributed by atoms with Gasteiger partial charge >= 0.3 is 0 Å². The first kappa shape index (κ1) is 21.5. The van der Waals surface area contributed by atoms with Gasteiger partial charge in [0.15, 0.2) is 0 Å². The van der Waals surface area contributed by atoms with Gasteiger partial charge in [0.25, 0.3) is 5.91 Å². The molecule has 0 spiro atoms. The summed E-state index contributed by atoms with van der Waals surface area (Å²) in [6.07, 6.45) is 2.69. The van der Waals surface area contributed by atoms with Crippen molar-refractivity contribution in [1.29, 1.82) is 0 Å². The highest BCUT2D eigenvalue weighted by atomic mass is 35.5. The summed E-state index contributed by atoms with van der Waals surface area (Å²) in [6.45, 7) is 3.44. The van der Waals surface area contributed by atoms with Crippen LogP contribution in [0.1, 0.15) is 28.4 Å². The summed E-state index contributed by atoms with van der Waals surface area (Å²) in [5.74, 6) is -0.381. The van der Waals surface area contributed by atoms with Crippen LogP contribution in [-0.2, 0) is 13.0 Å². The van der Waals surface area contributed by atoms with Gasteiger partial charge < -0.3 is 10.4 Å². The number of hydrogen-bond acceptors (Lipinski definition) is 4. The molecular weight excluding hydrogens is 409 g/mol. The SMILES string of the molecule is CCc1cnc2c(NC(=O)c3c(Cl)cccc3Cl)cccc2c1CN(C)CCO. The number of halogens is 2. The van der Waals surface area contributed by atoms with E-state index >= 15 is 0 Å². The number of fused-ring (bicyclic) bond motifs is 1. The Labute approximate surface area is 180 Å². The van der Waals surface area contributed by atoms with E-state index in [1.54, 1.807) is 18.2 Å². The molecule has 3 rings (SSSR count). The molecular formula is C22H23Cl2N3O2. The van der Waals surface area contributed by atoms with Crippen LogP contribution in [0.4, 0.5) is 5.69 Å². The average molecular weight is 432 g/mol. The van der Waals surface area contributed by atoms with Gasteiger partial charge in [-0.1, -0.05) is 48.3 Å². The number of benzene rings is 2. The molecule has 7 heteroatoms.